The summed E-state index contributed by atoms with van der Waals surface area (Å²) in [4.78, 5) is 11.5. The van der Waals surface area contributed by atoms with E-state index in [1.54, 1.807) is 21.0 Å². The van der Waals surface area contributed by atoms with Crippen LogP contribution in [-0.4, -0.2) is 25.7 Å². The molecular weight excluding hydrogens is 218 g/mol. The number of hydrogen-bond acceptors (Lipinski definition) is 4. The fourth-order valence-corrected chi connectivity index (χ4v) is 1.43. The second-order valence-electron chi connectivity index (χ2n) is 4.32. The van der Waals surface area contributed by atoms with Crippen LogP contribution in [0.5, 0.6) is 5.75 Å². The van der Waals surface area contributed by atoms with E-state index in [1.807, 2.05) is 24.3 Å². The fraction of sp³-hybridized carbons (Fsp3) is 0.462. The van der Waals surface area contributed by atoms with Crippen molar-refractivity contribution in [1.82, 2.24) is 5.32 Å². The molecule has 0 bridgehead atoms. The number of ether oxygens (including phenoxy) is 2. The summed E-state index contributed by atoms with van der Waals surface area (Å²) in [6.07, 6.45) is 0. The van der Waals surface area contributed by atoms with Crippen LogP contribution in [0.2, 0.25) is 0 Å². The zero-order chi connectivity index (χ0) is 12.9. The molecular formula is C13H19NO3. The van der Waals surface area contributed by atoms with Crippen LogP contribution in [0.15, 0.2) is 24.3 Å². The summed E-state index contributed by atoms with van der Waals surface area (Å²) in [5, 5.41) is 3.15. The van der Waals surface area contributed by atoms with Gasteiger partial charge < -0.3 is 9.47 Å². The molecule has 1 rings (SSSR count). The molecule has 0 atom stereocenters. The minimum Gasteiger partial charge on any atom is -0.497 e. The highest BCUT2D eigenvalue weighted by Crippen LogP contribution is 2.13. The first-order valence-corrected chi connectivity index (χ1v) is 5.46. The standard InChI is InChI=1S/C13H19NO3/c1-13(2,12(15)17-4)14-9-10-6-5-7-11(8-10)16-3/h5-8,14H,9H2,1-4H3. The predicted octanol–water partition coefficient (Wildman–Crippen LogP) is 1.74. The Morgan fingerprint density at radius 1 is 1.35 bits per heavy atom. The van der Waals surface area contributed by atoms with Gasteiger partial charge >= 0.3 is 5.97 Å². The van der Waals surface area contributed by atoms with Gasteiger partial charge in [0.2, 0.25) is 0 Å². The molecule has 0 aliphatic carbocycles. The number of benzene rings is 1. The largest absolute Gasteiger partial charge is 0.497 e. The molecule has 0 saturated heterocycles. The summed E-state index contributed by atoms with van der Waals surface area (Å²) in [6.45, 7) is 4.16. The van der Waals surface area contributed by atoms with Crippen molar-refractivity contribution in [3.63, 3.8) is 0 Å². The van der Waals surface area contributed by atoms with Gasteiger partial charge in [-0.3, -0.25) is 10.1 Å². The second kappa shape index (κ2) is 5.68. The number of esters is 1. The first kappa shape index (κ1) is 13.5. The van der Waals surface area contributed by atoms with Crippen molar-refractivity contribution in [2.24, 2.45) is 0 Å². The monoisotopic (exact) mass is 237 g/mol. The Balaban J connectivity index is 2.63. The number of rotatable bonds is 5. The predicted molar refractivity (Wildman–Crippen MR) is 65.9 cm³/mol. The van der Waals surface area contributed by atoms with Crippen LogP contribution in [0.25, 0.3) is 0 Å². The first-order chi connectivity index (χ1) is 7.99. The van der Waals surface area contributed by atoms with E-state index in [0.29, 0.717) is 6.54 Å². The average Bonchev–Trinajstić information content (AvgIpc) is 2.35. The Labute approximate surface area is 102 Å². The second-order valence-corrected chi connectivity index (χ2v) is 4.32. The highest BCUT2D eigenvalue weighted by molar-refractivity contribution is 5.79. The Bertz CT molecular complexity index is 388. The van der Waals surface area contributed by atoms with Gasteiger partial charge in [-0.1, -0.05) is 12.1 Å². The summed E-state index contributed by atoms with van der Waals surface area (Å²) in [5.41, 5.74) is 0.360. The number of methoxy groups -OCH3 is 2. The fourth-order valence-electron chi connectivity index (χ4n) is 1.43. The minimum atomic E-state index is -0.697. The van der Waals surface area contributed by atoms with E-state index in [1.165, 1.54) is 7.11 Å². The topological polar surface area (TPSA) is 47.6 Å². The molecule has 0 aliphatic heterocycles. The van der Waals surface area contributed by atoms with E-state index in [4.69, 9.17) is 9.47 Å². The highest BCUT2D eigenvalue weighted by Gasteiger charge is 2.27. The van der Waals surface area contributed by atoms with E-state index < -0.39 is 5.54 Å². The number of hydrogen-bond donors (Lipinski definition) is 1. The summed E-state index contributed by atoms with van der Waals surface area (Å²) >= 11 is 0. The lowest BCUT2D eigenvalue weighted by molar-refractivity contribution is -0.147. The normalized spacial score (nSPS) is 11.1. The molecule has 17 heavy (non-hydrogen) atoms. The van der Waals surface area contributed by atoms with Crippen molar-refractivity contribution < 1.29 is 14.3 Å². The third-order valence-electron chi connectivity index (χ3n) is 2.56. The number of carbonyl (C=O) groups is 1. The smallest absolute Gasteiger partial charge is 0.325 e. The Morgan fingerprint density at radius 2 is 2.06 bits per heavy atom. The molecule has 0 amide bonds. The van der Waals surface area contributed by atoms with Crippen LogP contribution in [0, 0.1) is 0 Å². The van der Waals surface area contributed by atoms with Crippen LogP contribution in [0.3, 0.4) is 0 Å². The molecule has 0 unspecified atom stereocenters. The zero-order valence-corrected chi connectivity index (χ0v) is 10.7. The number of carbonyl (C=O) groups excluding carboxylic acids is 1. The zero-order valence-electron chi connectivity index (χ0n) is 10.7. The van der Waals surface area contributed by atoms with Gasteiger partial charge in [0.1, 0.15) is 11.3 Å². The van der Waals surface area contributed by atoms with Crippen molar-refractivity contribution >= 4 is 5.97 Å². The summed E-state index contributed by atoms with van der Waals surface area (Å²) < 4.78 is 9.86. The molecule has 0 saturated carbocycles. The van der Waals surface area contributed by atoms with Gasteiger partial charge in [0.25, 0.3) is 0 Å². The maximum Gasteiger partial charge on any atom is 0.325 e. The lowest BCUT2D eigenvalue weighted by atomic mass is 10.1. The molecule has 94 valence electrons. The van der Waals surface area contributed by atoms with Crippen LogP contribution < -0.4 is 10.1 Å². The maximum atomic E-state index is 11.5. The molecule has 0 aliphatic rings. The molecule has 4 heteroatoms. The summed E-state index contributed by atoms with van der Waals surface area (Å²) in [5.74, 6) is 0.528. The molecule has 1 N–H and O–H groups in total. The Kier molecular flexibility index (Phi) is 4.52. The van der Waals surface area contributed by atoms with E-state index in [9.17, 15) is 4.79 Å². The summed E-state index contributed by atoms with van der Waals surface area (Å²) in [7, 11) is 3.02. The average molecular weight is 237 g/mol. The molecule has 0 spiro atoms. The minimum absolute atomic E-state index is 0.277. The molecule has 0 fully saturated rings. The molecule has 1 aromatic rings. The van der Waals surface area contributed by atoms with Crippen molar-refractivity contribution in [3.8, 4) is 5.75 Å². The van der Waals surface area contributed by atoms with Crippen LogP contribution in [0.1, 0.15) is 19.4 Å². The maximum absolute atomic E-state index is 11.5. The third kappa shape index (κ3) is 3.75. The number of nitrogens with one attached hydrogen (secondary N) is 1. The van der Waals surface area contributed by atoms with Crippen molar-refractivity contribution in [2.45, 2.75) is 25.9 Å². The van der Waals surface area contributed by atoms with Crippen LogP contribution in [-0.2, 0) is 16.1 Å². The Morgan fingerprint density at radius 3 is 2.65 bits per heavy atom. The van der Waals surface area contributed by atoms with Gasteiger partial charge in [-0.2, -0.15) is 0 Å². The van der Waals surface area contributed by atoms with Gasteiger partial charge in [-0.25, -0.2) is 0 Å². The van der Waals surface area contributed by atoms with E-state index in [2.05, 4.69) is 5.32 Å². The Hall–Kier alpha value is -1.55. The molecule has 0 aromatic heterocycles. The molecule has 1 aromatic carbocycles. The van der Waals surface area contributed by atoms with Crippen molar-refractivity contribution in [3.05, 3.63) is 29.8 Å². The van der Waals surface area contributed by atoms with Crippen molar-refractivity contribution in [1.29, 1.82) is 0 Å². The lowest BCUT2D eigenvalue weighted by Crippen LogP contribution is -2.46. The van der Waals surface area contributed by atoms with Gasteiger partial charge in [-0.15, -0.1) is 0 Å². The van der Waals surface area contributed by atoms with Gasteiger partial charge in [0.05, 0.1) is 14.2 Å². The van der Waals surface area contributed by atoms with E-state index in [0.717, 1.165) is 11.3 Å². The van der Waals surface area contributed by atoms with E-state index >= 15 is 0 Å². The molecule has 0 radical (unpaired) electrons. The van der Waals surface area contributed by atoms with Gasteiger partial charge in [0.15, 0.2) is 0 Å². The van der Waals surface area contributed by atoms with Crippen LogP contribution >= 0.6 is 0 Å². The SMILES string of the molecule is COC(=O)C(C)(C)NCc1cccc(OC)c1. The lowest BCUT2D eigenvalue weighted by Gasteiger charge is -2.23. The van der Waals surface area contributed by atoms with Crippen LogP contribution in [0.4, 0.5) is 0 Å². The quantitative estimate of drug-likeness (QED) is 0.792. The first-order valence-electron chi connectivity index (χ1n) is 5.46. The summed E-state index contributed by atoms with van der Waals surface area (Å²) in [6, 6.07) is 7.71. The molecule has 4 nitrogen and oxygen atoms in total. The van der Waals surface area contributed by atoms with Gasteiger partial charge in [-0.05, 0) is 31.5 Å². The third-order valence-corrected chi connectivity index (χ3v) is 2.56. The van der Waals surface area contributed by atoms with E-state index in [-0.39, 0.29) is 5.97 Å². The van der Waals surface area contributed by atoms with Gasteiger partial charge in [0, 0.05) is 6.54 Å². The van der Waals surface area contributed by atoms with Crippen molar-refractivity contribution in [2.75, 3.05) is 14.2 Å². The molecule has 0 heterocycles. The highest BCUT2D eigenvalue weighted by atomic mass is 16.5.